The van der Waals surface area contributed by atoms with Gasteiger partial charge in [0.15, 0.2) is 0 Å². The van der Waals surface area contributed by atoms with E-state index < -0.39 is 5.41 Å². The molecule has 5 nitrogen and oxygen atoms in total. The number of hydrogen-bond acceptors (Lipinski definition) is 5. The number of hydrogen-bond donors (Lipinski definition) is 0. The van der Waals surface area contributed by atoms with E-state index in [-0.39, 0.29) is 35.3 Å². The molecule has 5 heteroatoms. The lowest BCUT2D eigenvalue weighted by Gasteiger charge is -2.60. The number of carbonyl (C=O) groups is 3. The second-order valence-corrected chi connectivity index (χ2v) is 11.1. The summed E-state index contributed by atoms with van der Waals surface area (Å²) in [4.78, 5) is 37.4. The van der Waals surface area contributed by atoms with Crippen LogP contribution < -0.4 is 0 Å². The van der Waals surface area contributed by atoms with Crippen molar-refractivity contribution in [3.63, 3.8) is 0 Å². The van der Waals surface area contributed by atoms with Gasteiger partial charge in [0.2, 0.25) is 0 Å². The molecule has 30 heavy (non-hydrogen) atoms. The molecule has 4 fully saturated rings. The summed E-state index contributed by atoms with van der Waals surface area (Å²) in [5.74, 6) is 1.77. The Hall–Kier alpha value is -1.39. The standard InChI is InChI=1S/C25H38O5/c1-14(23(28)29-5)19-8-9-20-18-7-6-16-12-17(30-15(2)26)10-11-24(16,3)21(18)13-22(27)25(19,20)4/h14,16-21H,6-13H2,1-5H3/t14-,16+,17+,18-,19+,20-,21-,24-,25+/m0/s1. The van der Waals surface area contributed by atoms with E-state index in [2.05, 4.69) is 13.8 Å². The topological polar surface area (TPSA) is 69.7 Å². The highest BCUT2D eigenvalue weighted by atomic mass is 16.5. The van der Waals surface area contributed by atoms with Gasteiger partial charge in [-0.3, -0.25) is 14.4 Å². The predicted octanol–water partition coefficient (Wildman–Crippen LogP) is 4.57. The van der Waals surface area contributed by atoms with Crippen molar-refractivity contribution in [2.45, 2.75) is 85.2 Å². The summed E-state index contributed by atoms with van der Waals surface area (Å²) in [5, 5.41) is 0. The van der Waals surface area contributed by atoms with Gasteiger partial charge in [0.25, 0.3) is 0 Å². The summed E-state index contributed by atoms with van der Waals surface area (Å²) in [6, 6.07) is 0. The summed E-state index contributed by atoms with van der Waals surface area (Å²) in [5.41, 5.74) is -0.241. The Bertz CT molecular complexity index is 731. The third-order valence-corrected chi connectivity index (χ3v) is 10.1. The Labute approximate surface area is 180 Å². The largest absolute Gasteiger partial charge is 0.469 e. The average molecular weight is 419 g/mol. The molecule has 9 atom stereocenters. The number of carbonyl (C=O) groups excluding carboxylic acids is 3. The lowest BCUT2D eigenvalue weighted by Crippen LogP contribution is -2.57. The number of ether oxygens (including phenoxy) is 2. The molecule has 0 saturated heterocycles. The molecule has 4 saturated carbocycles. The van der Waals surface area contributed by atoms with Crippen LogP contribution in [0.4, 0.5) is 0 Å². The molecule has 4 aliphatic rings. The van der Waals surface area contributed by atoms with Crippen molar-refractivity contribution in [2.75, 3.05) is 7.11 Å². The van der Waals surface area contributed by atoms with Crippen molar-refractivity contribution < 1.29 is 23.9 Å². The fraction of sp³-hybridized carbons (Fsp3) is 0.880. The van der Waals surface area contributed by atoms with Gasteiger partial charge in [-0.25, -0.2) is 0 Å². The minimum Gasteiger partial charge on any atom is -0.469 e. The van der Waals surface area contributed by atoms with E-state index >= 15 is 0 Å². The number of esters is 2. The highest BCUT2D eigenvalue weighted by molar-refractivity contribution is 5.88. The molecule has 0 aliphatic heterocycles. The minimum atomic E-state index is -0.396. The second-order valence-electron chi connectivity index (χ2n) is 11.1. The second kappa shape index (κ2) is 7.63. The van der Waals surface area contributed by atoms with Crippen molar-refractivity contribution in [1.82, 2.24) is 0 Å². The summed E-state index contributed by atoms with van der Waals surface area (Å²) in [7, 11) is 1.45. The van der Waals surface area contributed by atoms with Gasteiger partial charge in [0.05, 0.1) is 13.0 Å². The molecule has 0 aromatic heterocycles. The van der Waals surface area contributed by atoms with E-state index in [0.29, 0.717) is 35.9 Å². The number of Topliss-reactive ketones (excluding diaryl/α,β-unsaturated/α-hetero) is 1. The molecule has 0 spiro atoms. The van der Waals surface area contributed by atoms with Crippen LogP contribution >= 0.6 is 0 Å². The van der Waals surface area contributed by atoms with E-state index in [0.717, 1.165) is 44.9 Å². The Morgan fingerprint density at radius 1 is 1.07 bits per heavy atom. The van der Waals surface area contributed by atoms with Crippen molar-refractivity contribution >= 4 is 17.7 Å². The summed E-state index contributed by atoms with van der Waals surface area (Å²) in [6.45, 7) is 7.99. The lowest BCUT2D eigenvalue weighted by molar-refractivity contribution is -0.168. The average Bonchev–Trinajstić information content (AvgIpc) is 3.06. The summed E-state index contributed by atoms with van der Waals surface area (Å²) >= 11 is 0. The number of ketones is 1. The molecular formula is C25H38O5. The van der Waals surface area contributed by atoms with Crippen LogP contribution in [-0.4, -0.2) is 30.9 Å². The molecule has 0 aromatic carbocycles. The van der Waals surface area contributed by atoms with Gasteiger partial charge in [-0.1, -0.05) is 20.8 Å². The van der Waals surface area contributed by atoms with Gasteiger partial charge in [-0.2, -0.15) is 0 Å². The molecule has 0 amide bonds. The fourth-order valence-corrected chi connectivity index (χ4v) is 8.45. The predicted molar refractivity (Wildman–Crippen MR) is 112 cm³/mol. The maximum Gasteiger partial charge on any atom is 0.308 e. The SMILES string of the molecule is COC(=O)[C@@H](C)[C@H]1CC[C@H]2[C@@H]3CC[C@@H]4C[C@H](OC(C)=O)CC[C@]4(C)[C@H]3CC(=O)[C@]12C. The maximum absolute atomic E-state index is 13.7. The van der Waals surface area contributed by atoms with Crippen molar-refractivity contribution in [3.8, 4) is 0 Å². The third kappa shape index (κ3) is 3.14. The van der Waals surface area contributed by atoms with Crippen molar-refractivity contribution in [1.29, 1.82) is 0 Å². The molecule has 0 N–H and O–H groups in total. The quantitative estimate of drug-likeness (QED) is 0.628. The third-order valence-electron chi connectivity index (χ3n) is 10.1. The zero-order chi connectivity index (χ0) is 21.8. The van der Waals surface area contributed by atoms with Gasteiger partial charge in [0.1, 0.15) is 11.9 Å². The Kier molecular flexibility index (Phi) is 5.55. The van der Waals surface area contributed by atoms with Crippen molar-refractivity contribution in [3.05, 3.63) is 0 Å². The normalized spacial score (nSPS) is 46.2. The molecular weight excluding hydrogens is 380 g/mol. The van der Waals surface area contributed by atoms with Crippen LogP contribution in [0, 0.1) is 46.3 Å². The molecule has 4 rings (SSSR count). The van der Waals surface area contributed by atoms with Gasteiger partial charge < -0.3 is 9.47 Å². The maximum atomic E-state index is 13.7. The van der Waals surface area contributed by atoms with Crippen LogP contribution in [-0.2, 0) is 23.9 Å². The number of methoxy groups -OCH3 is 1. The van der Waals surface area contributed by atoms with Gasteiger partial charge >= 0.3 is 11.9 Å². The first kappa shape index (κ1) is 21.8. The van der Waals surface area contributed by atoms with Crippen LogP contribution in [0.1, 0.15) is 79.1 Å². The zero-order valence-corrected chi connectivity index (χ0v) is 19.2. The van der Waals surface area contributed by atoms with E-state index in [9.17, 15) is 14.4 Å². The summed E-state index contributed by atoms with van der Waals surface area (Å²) in [6.07, 6.45) is 7.89. The van der Waals surface area contributed by atoms with E-state index in [1.54, 1.807) is 0 Å². The van der Waals surface area contributed by atoms with Crippen LogP contribution in [0.5, 0.6) is 0 Å². The molecule has 4 aliphatic carbocycles. The van der Waals surface area contributed by atoms with Crippen LogP contribution in [0.2, 0.25) is 0 Å². The smallest absolute Gasteiger partial charge is 0.308 e. The molecule has 0 aromatic rings. The first-order chi connectivity index (χ1) is 14.1. The molecule has 0 bridgehead atoms. The van der Waals surface area contributed by atoms with Gasteiger partial charge in [-0.05, 0) is 80.0 Å². The van der Waals surface area contributed by atoms with Crippen molar-refractivity contribution in [2.24, 2.45) is 46.3 Å². The number of fused-ring (bicyclic) bond motifs is 5. The monoisotopic (exact) mass is 418 g/mol. The van der Waals surface area contributed by atoms with E-state index in [1.807, 2.05) is 6.92 Å². The van der Waals surface area contributed by atoms with Crippen LogP contribution in [0.15, 0.2) is 0 Å². The Balaban J connectivity index is 1.57. The van der Waals surface area contributed by atoms with Crippen LogP contribution in [0.25, 0.3) is 0 Å². The number of rotatable bonds is 3. The molecule has 0 radical (unpaired) electrons. The Morgan fingerprint density at radius 2 is 1.80 bits per heavy atom. The molecule has 0 unspecified atom stereocenters. The zero-order valence-electron chi connectivity index (χ0n) is 19.2. The summed E-state index contributed by atoms with van der Waals surface area (Å²) < 4.78 is 10.6. The highest BCUT2D eigenvalue weighted by Crippen LogP contribution is 2.67. The highest BCUT2D eigenvalue weighted by Gasteiger charge is 2.64. The fourth-order valence-electron chi connectivity index (χ4n) is 8.45. The molecule has 168 valence electrons. The molecule has 0 heterocycles. The minimum absolute atomic E-state index is 0.0402. The lowest BCUT2D eigenvalue weighted by atomic mass is 9.44. The Morgan fingerprint density at radius 3 is 2.47 bits per heavy atom. The van der Waals surface area contributed by atoms with Gasteiger partial charge in [0, 0.05) is 18.8 Å². The van der Waals surface area contributed by atoms with E-state index in [4.69, 9.17) is 9.47 Å². The van der Waals surface area contributed by atoms with Gasteiger partial charge in [-0.15, -0.1) is 0 Å². The first-order valence-corrected chi connectivity index (χ1v) is 11.9. The first-order valence-electron chi connectivity index (χ1n) is 11.9. The van der Waals surface area contributed by atoms with E-state index in [1.165, 1.54) is 14.0 Å². The van der Waals surface area contributed by atoms with Crippen LogP contribution in [0.3, 0.4) is 0 Å².